The molecule has 0 aliphatic carbocycles. The molecule has 1 aliphatic rings. The maximum absolute atomic E-state index is 12.9. The number of pyridine rings is 2. The highest BCUT2D eigenvalue weighted by Crippen LogP contribution is 2.41. The highest BCUT2D eigenvalue weighted by molar-refractivity contribution is 5.25. The van der Waals surface area contributed by atoms with Crippen LogP contribution in [-0.2, 0) is 10.5 Å². The molecule has 0 bridgehead atoms. The molecule has 0 atom stereocenters. The van der Waals surface area contributed by atoms with Crippen LogP contribution in [0.2, 0.25) is 0 Å². The Kier molecular flexibility index (Phi) is 2.87. The molecule has 0 saturated carbocycles. The van der Waals surface area contributed by atoms with Crippen molar-refractivity contribution in [2.75, 3.05) is 6.61 Å². The van der Waals surface area contributed by atoms with Gasteiger partial charge in [0.25, 0.3) is 0 Å². The molecule has 2 aromatic rings. The first-order chi connectivity index (χ1) is 9.57. The summed E-state index contributed by atoms with van der Waals surface area (Å²) in [5.41, 5.74) is -0.792. The molecule has 0 N–H and O–H groups in total. The van der Waals surface area contributed by atoms with Gasteiger partial charge in [-0.1, -0.05) is 12.1 Å². The van der Waals surface area contributed by atoms with Gasteiger partial charge in [0.1, 0.15) is 6.61 Å². The number of rotatable bonds is 2. The number of ether oxygens (including phenoxy) is 1. The van der Waals surface area contributed by atoms with Gasteiger partial charge in [-0.05, 0) is 24.3 Å². The second-order valence-corrected chi connectivity index (χ2v) is 5.47. The number of aromatic nitrogens is 2. The summed E-state index contributed by atoms with van der Waals surface area (Å²) >= 11 is 0. The quantitative estimate of drug-likeness (QED) is 0.785. The van der Waals surface area contributed by atoms with Crippen LogP contribution in [0.25, 0.3) is 0 Å². The molecule has 0 amide bonds. The lowest BCUT2D eigenvalue weighted by Gasteiger charge is -2.19. The molecule has 1 aliphatic heterocycles. The fraction of sp³-hybridized carbons (Fsp3) is 0.333. The van der Waals surface area contributed by atoms with Gasteiger partial charge in [0.2, 0.25) is 5.54 Å². The molecule has 2 aromatic heterocycles. The zero-order valence-electron chi connectivity index (χ0n) is 11.5. The fourth-order valence-electron chi connectivity index (χ4n) is 2.44. The van der Waals surface area contributed by atoms with Gasteiger partial charge in [0, 0.05) is 31.1 Å². The van der Waals surface area contributed by atoms with Crippen molar-refractivity contribution in [2.24, 2.45) is 0 Å². The average molecular weight is 270 g/mol. The summed E-state index contributed by atoms with van der Waals surface area (Å²) < 4.78 is 6.89. The highest BCUT2D eigenvalue weighted by atomic mass is 16.6. The van der Waals surface area contributed by atoms with E-state index in [1.165, 1.54) is 0 Å². The van der Waals surface area contributed by atoms with E-state index in [4.69, 9.17) is 4.74 Å². The Morgan fingerprint density at radius 3 is 1.95 bits per heavy atom. The lowest BCUT2D eigenvalue weighted by Crippen LogP contribution is -2.43. The van der Waals surface area contributed by atoms with Crippen LogP contribution in [0.3, 0.4) is 0 Å². The van der Waals surface area contributed by atoms with E-state index in [0.29, 0.717) is 18.0 Å². The zero-order chi connectivity index (χ0) is 14.2. The van der Waals surface area contributed by atoms with Gasteiger partial charge < -0.3 is 0 Å². The third-order valence-electron chi connectivity index (χ3n) is 3.49. The Hall–Kier alpha value is -2.14. The number of nitroso groups, excluding NO2 is 1. The summed E-state index contributed by atoms with van der Waals surface area (Å²) in [4.78, 5) is 21.5. The molecule has 3 rings (SSSR count). The van der Waals surface area contributed by atoms with Crippen molar-refractivity contribution in [3.8, 4) is 0 Å². The number of nitrogens with zero attached hydrogens (tertiary/aromatic N) is 3. The first-order valence-corrected chi connectivity index (χ1v) is 6.52. The highest BCUT2D eigenvalue weighted by Gasteiger charge is 2.66. The van der Waals surface area contributed by atoms with Crippen molar-refractivity contribution in [1.82, 2.24) is 9.97 Å². The minimum atomic E-state index is -1.27. The summed E-state index contributed by atoms with van der Waals surface area (Å²) in [7, 11) is 0. The number of hydrogen-bond acceptors (Lipinski definition) is 4. The van der Waals surface area contributed by atoms with E-state index in [9.17, 15) is 4.91 Å². The van der Waals surface area contributed by atoms with Crippen LogP contribution in [0.5, 0.6) is 0 Å². The van der Waals surface area contributed by atoms with Crippen LogP contribution in [0, 0.1) is 4.91 Å². The zero-order valence-corrected chi connectivity index (χ0v) is 11.5. The first-order valence-electron chi connectivity index (χ1n) is 6.52. The van der Waals surface area contributed by atoms with Crippen LogP contribution < -0.4 is 0 Å². The van der Waals surface area contributed by atoms with E-state index in [2.05, 4.69) is 9.97 Å². The summed E-state index contributed by atoms with van der Waals surface area (Å²) in [6.07, 6.45) is 3.31. The van der Waals surface area contributed by atoms with Crippen molar-refractivity contribution in [2.45, 2.75) is 25.1 Å². The maximum atomic E-state index is 12.9. The first kappa shape index (κ1) is 12.9. The Morgan fingerprint density at radius 2 is 1.60 bits per heavy atom. The lowest BCUT2D eigenvalue weighted by atomic mass is 10.0. The second kappa shape index (κ2) is 4.45. The standard InChI is InChI=1S/C15H16N3O2/c1-14(2)11-20-15(18(14)19,12-7-3-5-9-16-12)13-8-4-6-10-17-13/h3-10H,11H2,1-2H3/q+1. The van der Waals surface area contributed by atoms with Crippen molar-refractivity contribution in [3.63, 3.8) is 0 Å². The maximum Gasteiger partial charge on any atom is 0.402 e. The van der Waals surface area contributed by atoms with Gasteiger partial charge in [-0.3, -0.25) is 14.7 Å². The minimum Gasteiger partial charge on any atom is -0.298 e. The van der Waals surface area contributed by atoms with Gasteiger partial charge in [-0.15, -0.1) is 0 Å². The second-order valence-electron chi connectivity index (χ2n) is 5.47. The molecule has 0 aromatic carbocycles. The average Bonchev–Trinajstić information content (AvgIpc) is 2.73. The predicted molar refractivity (Wildman–Crippen MR) is 72.9 cm³/mol. The topological polar surface area (TPSA) is 55.1 Å². The largest absolute Gasteiger partial charge is 0.402 e. The normalized spacial score (nSPS) is 20.0. The monoisotopic (exact) mass is 270 g/mol. The Bertz CT molecular complexity index is 587. The van der Waals surface area contributed by atoms with Crippen molar-refractivity contribution in [3.05, 3.63) is 65.1 Å². The molecule has 102 valence electrons. The van der Waals surface area contributed by atoms with E-state index in [0.717, 1.165) is 4.76 Å². The summed E-state index contributed by atoms with van der Waals surface area (Å²) in [5.74, 6) is 0. The third-order valence-corrected chi connectivity index (χ3v) is 3.49. The molecule has 0 unspecified atom stereocenters. The van der Waals surface area contributed by atoms with E-state index in [1.807, 2.05) is 38.1 Å². The van der Waals surface area contributed by atoms with Crippen LogP contribution in [0.15, 0.2) is 48.8 Å². The fourth-order valence-corrected chi connectivity index (χ4v) is 2.44. The minimum absolute atomic E-state index is 0.323. The van der Waals surface area contributed by atoms with E-state index in [1.54, 1.807) is 24.5 Å². The predicted octanol–water partition coefficient (Wildman–Crippen LogP) is 2.27. The SMILES string of the molecule is CC1(C)COC(c2ccccn2)(c2ccccn2)[N+]1=O. The Balaban J connectivity index is 2.23. The van der Waals surface area contributed by atoms with Crippen LogP contribution in [-0.4, -0.2) is 26.9 Å². The summed E-state index contributed by atoms with van der Waals surface area (Å²) in [6, 6.07) is 10.9. The third kappa shape index (κ3) is 1.74. The van der Waals surface area contributed by atoms with Crippen LogP contribution in [0.4, 0.5) is 0 Å². The molecular weight excluding hydrogens is 254 g/mol. The van der Waals surface area contributed by atoms with Crippen molar-refractivity contribution >= 4 is 0 Å². The summed E-state index contributed by atoms with van der Waals surface area (Å²) in [6.45, 7) is 4.03. The summed E-state index contributed by atoms with van der Waals surface area (Å²) in [5, 5.41) is 0. The van der Waals surface area contributed by atoms with Crippen molar-refractivity contribution < 1.29 is 9.50 Å². The van der Waals surface area contributed by atoms with Gasteiger partial charge in [-0.2, -0.15) is 0 Å². The smallest absolute Gasteiger partial charge is 0.298 e. The Labute approximate surface area is 117 Å². The molecule has 20 heavy (non-hydrogen) atoms. The lowest BCUT2D eigenvalue weighted by molar-refractivity contribution is -0.685. The molecule has 0 spiro atoms. The van der Waals surface area contributed by atoms with E-state index >= 15 is 0 Å². The van der Waals surface area contributed by atoms with E-state index in [-0.39, 0.29) is 0 Å². The molecule has 1 saturated heterocycles. The molecule has 0 radical (unpaired) electrons. The van der Waals surface area contributed by atoms with Crippen LogP contribution >= 0.6 is 0 Å². The van der Waals surface area contributed by atoms with Gasteiger partial charge in [0.05, 0.1) is 4.76 Å². The van der Waals surface area contributed by atoms with Crippen molar-refractivity contribution in [1.29, 1.82) is 0 Å². The molecule has 5 nitrogen and oxygen atoms in total. The Morgan fingerprint density at radius 1 is 1.05 bits per heavy atom. The molecular formula is C15H16N3O2+. The van der Waals surface area contributed by atoms with Gasteiger partial charge in [0.15, 0.2) is 11.4 Å². The van der Waals surface area contributed by atoms with Crippen LogP contribution in [0.1, 0.15) is 25.2 Å². The molecule has 3 heterocycles. The van der Waals surface area contributed by atoms with Gasteiger partial charge >= 0.3 is 5.72 Å². The van der Waals surface area contributed by atoms with Gasteiger partial charge in [-0.25, -0.2) is 0 Å². The van der Waals surface area contributed by atoms with E-state index < -0.39 is 11.3 Å². The molecule has 1 fully saturated rings. The molecule has 5 heteroatoms. The number of hydrogen-bond donors (Lipinski definition) is 0.